The molecule has 4 heteroatoms. The van der Waals surface area contributed by atoms with E-state index in [1.165, 1.54) is 77.0 Å². The van der Waals surface area contributed by atoms with Crippen LogP contribution in [-0.2, 0) is 0 Å². The zero-order chi connectivity index (χ0) is 17.9. The van der Waals surface area contributed by atoms with Gasteiger partial charge in [0.15, 0.2) is 0 Å². The van der Waals surface area contributed by atoms with Gasteiger partial charge in [-0.05, 0) is 45.4 Å². The third-order valence-electron chi connectivity index (χ3n) is 4.16. The molecule has 0 aliphatic carbocycles. The summed E-state index contributed by atoms with van der Waals surface area (Å²) in [6, 6.07) is -0.598. The quantitative estimate of drug-likeness (QED) is 0.153. The maximum Gasteiger partial charge on any atom is 0.332 e. The number of amides is 2. The van der Waals surface area contributed by atoms with Crippen molar-refractivity contribution >= 4 is 11.7 Å². The Morgan fingerprint density at radius 3 is 1.92 bits per heavy atom. The van der Waals surface area contributed by atoms with E-state index in [0.717, 1.165) is 18.6 Å². The monoisotopic (exact) mass is 337 g/mol. The minimum atomic E-state index is -0.598. The first-order valence-corrected chi connectivity index (χ1v) is 9.90. The molecule has 0 unspecified atom stereocenters. The second kappa shape index (κ2) is 18.0. The van der Waals surface area contributed by atoms with Crippen LogP contribution in [0.15, 0.2) is 17.3 Å². The van der Waals surface area contributed by atoms with E-state index in [2.05, 4.69) is 29.6 Å². The first kappa shape index (κ1) is 22.7. The molecule has 24 heavy (non-hydrogen) atoms. The topological polar surface area (TPSA) is 67.5 Å². The normalized spacial score (nSPS) is 12.0. The summed E-state index contributed by atoms with van der Waals surface area (Å²) in [5, 5.41) is 3.91. The maximum absolute atomic E-state index is 10.5. The van der Waals surface area contributed by atoms with E-state index in [-0.39, 0.29) is 0 Å². The number of hydrogen-bond donors (Lipinski definition) is 2. The van der Waals surface area contributed by atoms with Crippen molar-refractivity contribution in [3.63, 3.8) is 0 Å². The fraction of sp³-hybridized carbons (Fsp3) is 0.800. The molecule has 0 rings (SSSR count). The maximum atomic E-state index is 10.5. The number of carbonyl (C=O) groups excluding carboxylic acids is 1. The lowest BCUT2D eigenvalue weighted by atomic mass is 10.1. The van der Waals surface area contributed by atoms with Crippen molar-refractivity contribution in [2.24, 2.45) is 10.8 Å². The Labute approximate surface area is 149 Å². The number of primary amides is 1. The Kier molecular flexibility index (Phi) is 17.0. The first-order chi connectivity index (χ1) is 11.7. The molecule has 0 saturated carbocycles. The minimum Gasteiger partial charge on any atom is -0.350 e. The van der Waals surface area contributed by atoms with Gasteiger partial charge in [0.25, 0.3) is 0 Å². The van der Waals surface area contributed by atoms with Crippen LogP contribution in [0.25, 0.3) is 0 Å². The molecule has 0 aromatic heterocycles. The summed E-state index contributed by atoms with van der Waals surface area (Å²) in [4.78, 5) is 10.5. The lowest BCUT2D eigenvalue weighted by molar-refractivity contribution is 0.249. The number of nitrogens with zero attached hydrogens (tertiary/aromatic N) is 1. The number of urea groups is 1. The van der Waals surface area contributed by atoms with Crippen LogP contribution in [0.1, 0.15) is 104 Å². The lowest BCUT2D eigenvalue weighted by Crippen LogP contribution is -2.25. The van der Waals surface area contributed by atoms with E-state index < -0.39 is 6.03 Å². The standard InChI is InChI=1S/C20H39N3O/c1-3-4-5-6-7-8-9-10-11-12-13-14-15-16-17-18-19(2)22-23-20(21)24/h10-11H,3-9,12-18H2,1-2H3,(H3,21,23,24). The number of nitrogens with one attached hydrogen (secondary N) is 1. The van der Waals surface area contributed by atoms with Gasteiger partial charge in [-0.15, -0.1) is 0 Å². The molecular weight excluding hydrogens is 298 g/mol. The molecular formula is C20H39N3O. The minimum absolute atomic E-state index is 0.598. The van der Waals surface area contributed by atoms with E-state index >= 15 is 0 Å². The van der Waals surface area contributed by atoms with Gasteiger partial charge in [0, 0.05) is 5.71 Å². The average molecular weight is 338 g/mol. The third kappa shape index (κ3) is 18.7. The molecule has 2 amide bonds. The van der Waals surface area contributed by atoms with Gasteiger partial charge < -0.3 is 5.73 Å². The number of allylic oxidation sites excluding steroid dienone is 2. The first-order valence-electron chi connectivity index (χ1n) is 9.90. The Hall–Kier alpha value is -1.32. The van der Waals surface area contributed by atoms with Gasteiger partial charge in [0.1, 0.15) is 0 Å². The number of hydrogen-bond acceptors (Lipinski definition) is 2. The van der Waals surface area contributed by atoms with Crippen LogP contribution in [0.5, 0.6) is 0 Å². The van der Waals surface area contributed by atoms with Gasteiger partial charge in [-0.25, -0.2) is 10.2 Å². The Morgan fingerprint density at radius 1 is 0.875 bits per heavy atom. The number of hydrazone groups is 1. The van der Waals surface area contributed by atoms with E-state index in [1.54, 1.807) is 0 Å². The number of unbranched alkanes of at least 4 members (excludes halogenated alkanes) is 11. The summed E-state index contributed by atoms with van der Waals surface area (Å²) >= 11 is 0. The van der Waals surface area contributed by atoms with Crippen LogP contribution in [-0.4, -0.2) is 11.7 Å². The molecule has 140 valence electrons. The summed E-state index contributed by atoms with van der Waals surface area (Å²) < 4.78 is 0. The summed E-state index contributed by atoms with van der Waals surface area (Å²) in [6.45, 7) is 4.19. The van der Waals surface area contributed by atoms with E-state index in [9.17, 15) is 4.79 Å². The van der Waals surface area contributed by atoms with Crippen LogP contribution in [0.2, 0.25) is 0 Å². The van der Waals surface area contributed by atoms with E-state index in [4.69, 9.17) is 5.73 Å². The zero-order valence-corrected chi connectivity index (χ0v) is 16.0. The average Bonchev–Trinajstić information content (AvgIpc) is 2.56. The van der Waals surface area contributed by atoms with Crippen LogP contribution in [0, 0.1) is 0 Å². The highest BCUT2D eigenvalue weighted by atomic mass is 16.2. The Bertz CT molecular complexity index is 351. The van der Waals surface area contributed by atoms with Crippen LogP contribution in [0.3, 0.4) is 0 Å². The zero-order valence-electron chi connectivity index (χ0n) is 16.0. The molecule has 0 heterocycles. The molecule has 0 bridgehead atoms. The summed E-state index contributed by atoms with van der Waals surface area (Å²) in [5.74, 6) is 0. The molecule has 0 spiro atoms. The summed E-state index contributed by atoms with van der Waals surface area (Å²) in [5.41, 5.74) is 8.17. The second-order valence-corrected chi connectivity index (χ2v) is 6.66. The second-order valence-electron chi connectivity index (χ2n) is 6.66. The molecule has 0 aromatic carbocycles. The van der Waals surface area contributed by atoms with Gasteiger partial charge in [-0.3, -0.25) is 0 Å². The highest BCUT2D eigenvalue weighted by Crippen LogP contribution is 2.10. The van der Waals surface area contributed by atoms with Crippen LogP contribution >= 0.6 is 0 Å². The smallest absolute Gasteiger partial charge is 0.332 e. The summed E-state index contributed by atoms with van der Waals surface area (Å²) in [6.07, 6.45) is 22.7. The van der Waals surface area contributed by atoms with Crippen molar-refractivity contribution in [1.82, 2.24) is 5.43 Å². The molecule has 0 fully saturated rings. The van der Waals surface area contributed by atoms with E-state index in [1.807, 2.05) is 6.92 Å². The molecule has 3 N–H and O–H groups in total. The van der Waals surface area contributed by atoms with Gasteiger partial charge >= 0.3 is 6.03 Å². The van der Waals surface area contributed by atoms with Crippen molar-refractivity contribution in [1.29, 1.82) is 0 Å². The van der Waals surface area contributed by atoms with E-state index in [0.29, 0.717) is 0 Å². The van der Waals surface area contributed by atoms with Gasteiger partial charge in [0.05, 0.1) is 0 Å². The third-order valence-corrected chi connectivity index (χ3v) is 4.16. The fourth-order valence-electron chi connectivity index (χ4n) is 2.66. The van der Waals surface area contributed by atoms with Crippen LogP contribution in [0.4, 0.5) is 4.79 Å². The highest BCUT2D eigenvalue weighted by Gasteiger charge is 1.95. The van der Waals surface area contributed by atoms with Gasteiger partial charge in [-0.1, -0.05) is 70.4 Å². The number of nitrogens with two attached hydrogens (primary N) is 1. The molecule has 0 radical (unpaired) electrons. The highest BCUT2D eigenvalue weighted by molar-refractivity contribution is 5.83. The van der Waals surface area contributed by atoms with Crippen molar-refractivity contribution in [3.8, 4) is 0 Å². The largest absolute Gasteiger partial charge is 0.350 e. The molecule has 0 saturated heterocycles. The molecule has 0 aromatic rings. The fourth-order valence-corrected chi connectivity index (χ4v) is 2.66. The molecule has 0 aliphatic heterocycles. The number of rotatable bonds is 16. The van der Waals surface area contributed by atoms with Crippen molar-refractivity contribution in [3.05, 3.63) is 12.2 Å². The predicted octanol–water partition coefficient (Wildman–Crippen LogP) is 6.07. The van der Waals surface area contributed by atoms with Crippen molar-refractivity contribution < 1.29 is 4.79 Å². The molecule has 4 nitrogen and oxygen atoms in total. The van der Waals surface area contributed by atoms with Crippen LogP contribution < -0.4 is 11.2 Å². The predicted molar refractivity (Wildman–Crippen MR) is 105 cm³/mol. The number of carbonyl (C=O) groups is 1. The Balaban J connectivity index is 3.26. The summed E-state index contributed by atoms with van der Waals surface area (Å²) in [7, 11) is 0. The van der Waals surface area contributed by atoms with Gasteiger partial charge in [-0.2, -0.15) is 5.10 Å². The van der Waals surface area contributed by atoms with Crippen molar-refractivity contribution in [2.45, 2.75) is 104 Å². The van der Waals surface area contributed by atoms with Gasteiger partial charge in [0.2, 0.25) is 0 Å². The lowest BCUT2D eigenvalue weighted by Gasteiger charge is -2.01. The molecule has 0 aliphatic rings. The molecule has 0 atom stereocenters. The van der Waals surface area contributed by atoms with Crippen molar-refractivity contribution in [2.75, 3.05) is 0 Å². The SMILES string of the molecule is CCCCCCCCC=CCCCCCCCC(C)=NNC(N)=O. The Morgan fingerprint density at radius 2 is 1.38 bits per heavy atom.